The first-order valence-corrected chi connectivity index (χ1v) is 6.43. The van der Waals surface area contributed by atoms with Crippen molar-refractivity contribution < 1.29 is 15.0 Å². The molecule has 1 unspecified atom stereocenters. The fourth-order valence-electron chi connectivity index (χ4n) is 2.06. The molecule has 0 aliphatic carbocycles. The highest BCUT2D eigenvalue weighted by Crippen LogP contribution is 2.32. The van der Waals surface area contributed by atoms with Gasteiger partial charge in [-0.25, -0.2) is 0 Å². The lowest BCUT2D eigenvalue weighted by Crippen LogP contribution is -2.28. The van der Waals surface area contributed by atoms with Crippen molar-refractivity contribution in [3.63, 3.8) is 0 Å². The summed E-state index contributed by atoms with van der Waals surface area (Å²) in [6, 6.07) is 0. The van der Waals surface area contributed by atoms with Crippen LogP contribution in [0.4, 0.5) is 0 Å². The zero-order valence-corrected chi connectivity index (χ0v) is 10.7. The number of aliphatic carboxylic acids is 1. The largest absolute Gasteiger partial charge is 0.481 e. The molecule has 0 aromatic heterocycles. The molecule has 3 nitrogen and oxygen atoms in total. The highest BCUT2D eigenvalue weighted by molar-refractivity contribution is 5.67. The molecule has 1 atom stereocenters. The number of rotatable bonds is 10. The Hall–Kier alpha value is -0.570. The number of hydrogen-bond donors (Lipinski definition) is 2. The normalized spacial score (nSPS) is 14.7. The Morgan fingerprint density at radius 1 is 1.12 bits per heavy atom. The fraction of sp³-hybridized carbons (Fsp3) is 0.923. The second-order valence-corrected chi connectivity index (χ2v) is 4.75. The minimum Gasteiger partial charge on any atom is -0.481 e. The molecule has 0 aromatic carbocycles. The third kappa shape index (κ3) is 6.11. The summed E-state index contributed by atoms with van der Waals surface area (Å²) >= 11 is 0. The van der Waals surface area contributed by atoms with Gasteiger partial charge in [-0.3, -0.25) is 4.79 Å². The number of carboxylic acid groups (broad SMARTS) is 1. The van der Waals surface area contributed by atoms with Crippen molar-refractivity contribution in [2.45, 2.75) is 65.2 Å². The molecule has 16 heavy (non-hydrogen) atoms. The lowest BCUT2D eigenvalue weighted by Gasteiger charge is -2.29. The Morgan fingerprint density at radius 2 is 1.75 bits per heavy atom. The van der Waals surface area contributed by atoms with E-state index in [0.29, 0.717) is 0 Å². The van der Waals surface area contributed by atoms with Crippen LogP contribution in [0.5, 0.6) is 0 Å². The SMILES string of the molecule is CCCCCCCC(CC)(CO)CC(=O)O. The molecule has 0 rings (SSSR count). The first-order valence-electron chi connectivity index (χ1n) is 6.43. The molecule has 0 aliphatic heterocycles. The van der Waals surface area contributed by atoms with Gasteiger partial charge in [0.25, 0.3) is 0 Å². The van der Waals surface area contributed by atoms with Gasteiger partial charge < -0.3 is 10.2 Å². The number of hydrogen-bond acceptors (Lipinski definition) is 2. The van der Waals surface area contributed by atoms with Crippen molar-refractivity contribution in [2.24, 2.45) is 5.41 Å². The highest BCUT2D eigenvalue weighted by Gasteiger charge is 2.29. The van der Waals surface area contributed by atoms with Crippen molar-refractivity contribution in [3.8, 4) is 0 Å². The van der Waals surface area contributed by atoms with Crippen molar-refractivity contribution in [3.05, 3.63) is 0 Å². The Labute approximate surface area is 98.9 Å². The lowest BCUT2D eigenvalue weighted by molar-refractivity contribution is -0.140. The fourth-order valence-corrected chi connectivity index (χ4v) is 2.06. The topological polar surface area (TPSA) is 57.5 Å². The Bertz CT molecular complexity index is 186. The predicted octanol–water partition coefficient (Wildman–Crippen LogP) is 3.21. The molecule has 0 amide bonds. The monoisotopic (exact) mass is 230 g/mol. The minimum atomic E-state index is -0.801. The summed E-state index contributed by atoms with van der Waals surface area (Å²) in [5.41, 5.74) is -0.391. The van der Waals surface area contributed by atoms with Crippen LogP contribution >= 0.6 is 0 Å². The Kier molecular flexibility index (Phi) is 8.26. The van der Waals surface area contributed by atoms with E-state index in [1.54, 1.807) is 0 Å². The van der Waals surface area contributed by atoms with Crippen LogP contribution in [0.1, 0.15) is 65.2 Å². The molecule has 0 spiro atoms. The number of aliphatic hydroxyl groups is 1. The van der Waals surface area contributed by atoms with Gasteiger partial charge in [-0.05, 0) is 12.8 Å². The summed E-state index contributed by atoms with van der Waals surface area (Å²) in [4.78, 5) is 10.8. The van der Waals surface area contributed by atoms with Gasteiger partial charge in [0.2, 0.25) is 0 Å². The van der Waals surface area contributed by atoms with E-state index in [1.807, 2.05) is 6.92 Å². The first-order chi connectivity index (χ1) is 7.60. The van der Waals surface area contributed by atoms with Gasteiger partial charge in [-0.15, -0.1) is 0 Å². The van der Waals surface area contributed by atoms with Crippen molar-refractivity contribution >= 4 is 5.97 Å². The van der Waals surface area contributed by atoms with E-state index < -0.39 is 11.4 Å². The number of carboxylic acids is 1. The van der Waals surface area contributed by atoms with Crippen LogP contribution in [0.15, 0.2) is 0 Å². The Balaban J connectivity index is 3.96. The van der Waals surface area contributed by atoms with Gasteiger partial charge in [0, 0.05) is 12.0 Å². The molecule has 0 bridgehead atoms. The van der Waals surface area contributed by atoms with Crippen molar-refractivity contribution in [1.29, 1.82) is 0 Å². The predicted molar refractivity (Wildman–Crippen MR) is 65.4 cm³/mol. The standard InChI is InChI=1S/C13H26O3/c1-3-5-6-7-8-9-13(4-2,11-14)10-12(15)16/h14H,3-11H2,1-2H3,(H,15,16). The number of aliphatic hydroxyl groups excluding tert-OH is 1. The van der Waals surface area contributed by atoms with Crippen LogP contribution in [-0.4, -0.2) is 22.8 Å². The second-order valence-electron chi connectivity index (χ2n) is 4.75. The molecule has 0 saturated heterocycles. The van der Waals surface area contributed by atoms with Gasteiger partial charge in [0.15, 0.2) is 0 Å². The maximum atomic E-state index is 10.8. The first kappa shape index (κ1) is 15.4. The Morgan fingerprint density at radius 3 is 2.19 bits per heavy atom. The maximum absolute atomic E-state index is 10.8. The van der Waals surface area contributed by atoms with Crippen LogP contribution < -0.4 is 0 Å². The molecule has 0 saturated carbocycles. The summed E-state index contributed by atoms with van der Waals surface area (Å²) in [6.45, 7) is 4.13. The molecular weight excluding hydrogens is 204 g/mol. The average molecular weight is 230 g/mol. The molecule has 0 radical (unpaired) electrons. The maximum Gasteiger partial charge on any atom is 0.303 e. The molecule has 0 aliphatic rings. The summed E-state index contributed by atoms with van der Waals surface area (Å²) in [7, 11) is 0. The molecule has 0 aromatic rings. The molecule has 0 fully saturated rings. The smallest absolute Gasteiger partial charge is 0.303 e. The number of unbranched alkanes of at least 4 members (excludes halogenated alkanes) is 4. The second kappa shape index (κ2) is 8.57. The van der Waals surface area contributed by atoms with Crippen LogP contribution in [0.25, 0.3) is 0 Å². The third-order valence-corrected chi connectivity index (χ3v) is 3.42. The lowest BCUT2D eigenvalue weighted by atomic mass is 9.78. The van der Waals surface area contributed by atoms with Gasteiger partial charge in [0.1, 0.15) is 0 Å². The van der Waals surface area contributed by atoms with E-state index in [1.165, 1.54) is 19.3 Å². The van der Waals surface area contributed by atoms with E-state index in [9.17, 15) is 9.90 Å². The summed E-state index contributed by atoms with van der Waals surface area (Å²) in [6.07, 6.45) is 7.52. The van der Waals surface area contributed by atoms with Crippen molar-refractivity contribution in [1.82, 2.24) is 0 Å². The summed E-state index contributed by atoms with van der Waals surface area (Å²) in [5.74, 6) is -0.801. The minimum absolute atomic E-state index is 0.0103. The number of carbonyl (C=O) groups is 1. The van der Waals surface area contributed by atoms with Crippen LogP contribution in [0.3, 0.4) is 0 Å². The van der Waals surface area contributed by atoms with Crippen LogP contribution in [0.2, 0.25) is 0 Å². The van der Waals surface area contributed by atoms with Gasteiger partial charge in [-0.1, -0.05) is 46.0 Å². The zero-order chi connectivity index (χ0) is 12.4. The zero-order valence-electron chi connectivity index (χ0n) is 10.7. The van der Waals surface area contributed by atoms with Crippen LogP contribution in [0, 0.1) is 5.41 Å². The quantitative estimate of drug-likeness (QED) is 0.567. The van der Waals surface area contributed by atoms with E-state index in [-0.39, 0.29) is 13.0 Å². The summed E-state index contributed by atoms with van der Waals surface area (Å²) < 4.78 is 0. The van der Waals surface area contributed by atoms with E-state index >= 15 is 0 Å². The molecule has 96 valence electrons. The van der Waals surface area contributed by atoms with Gasteiger partial charge >= 0.3 is 5.97 Å². The summed E-state index contributed by atoms with van der Waals surface area (Å²) in [5, 5.41) is 18.2. The highest BCUT2D eigenvalue weighted by atomic mass is 16.4. The van der Waals surface area contributed by atoms with Gasteiger partial charge in [0.05, 0.1) is 6.42 Å². The van der Waals surface area contributed by atoms with E-state index in [0.717, 1.165) is 25.7 Å². The molecular formula is C13H26O3. The molecule has 3 heteroatoms. The van der Waals surface area contributed by atoms with Crippen molar-refractivity contribution in [2.75, 3.05) is 6.61 Å². The van der Waals surface area contributed by atoms with E-state index in [4.69, 9.17) is 5.11 Å². The molecule has 2 N–H and O–H groups in total. The molecule has 0 heterocycles. The average Bonchev–Trinajstić information content (AvgIpc) is 2.26. The van der Waals surface area contributed by atoms with E-state index in [2.05, 4.69) is 6.92 Å². The van der Waals surface area contributed by atoms with Gasteiger partial charge in [-0.2, -0.15) is 0 Å². The van der Waals surface area contributed by atoms with Crippen LogP contribution in [-0.2, 0) is 4.79 Å². The third-order valence-electron chi connectivity index (χ3n) is 3.42.